The highest BCUT2D eigenvalue weighted by molar-refractivity contribution is 5.99. The van der Waals surface area contributed by atoms with Gasteiger partial charge in [-0.15, -0.1) is 0 Å². The number of hydrogen-bond acceptors (Lipinski definition) is 5. The number of likely N-dealkylation sites (N-methyl/N-ethyl adjacent to an activating group) is 1. The Balaban J connectivity index is 2.76. The Labute approximate surface area is 137 Å². The summed E-state index contributed by atoms with van der Waals surface area (Å²) in [6.45, 7) is 6.60. The lowest BCUT2D eigenvalue weighted by Gasteiger charge is -2.15. The monoisotopic (exact) mass is 322 g/mol. The van der Waals surface area contributed by atoms with Crippen LogP contribution < -0.4 is 15.4 Å². The van der Waals surface area contributed by atoms with Crippen LogP contribution in [0.4, 0.5) is 5.69 Å². The van der Waals surface area contributed by atoms with Gasteiger partial charge in [-0.2, -0.15) is 0 Å². The van der Waals surface area contributed by atoms with E-state index in [2.05, 4.69) is 10.6 Å². The number of aliphatic hydroxyl groups is 1. The average molecular weight is 322 g/mol. The maximum atomic E-state index is 11.8. The van der Waals surface area contributed by atoms with Gasteiger partial charge in [-0.3, -0.25) is 9.59 Å². The lowest BCUT2D eigenvalue weighted by Crippen LogP contribution is -2.31. The molecule has 6 heteroatoms. The summed E-state index contributed by atoms with van der Waals surface area (Å²) in [4.78, 5) is 23.4. The third kappa shape index (κ3) is 6.80. The predicted molar refractivity (Wildman–Crippen MR) is 90.0 cm³/mol. The van der Waals surface area contributed by atoms with Gasteiger partial charge in [0.25, 0.3) is 0 Å². The number of carbonyl (C=O) groups excluding carboxylic acids is 2. The number of anilines is 1. The van der Waals surface area contributed by atoms with E-state index >= 15 is 0 Å². The van der Waals surface area contributed by atoms with Gasteiger partial charge in [0.1, 0.15) is 18.5 Å². The lowest BCUT2D eigenvalue weighted by atomic mass is 10.1. The molecular weight excluding hydrogens is 296 g/mol. The zero-order chi connectivity index (χ0) is 17.2. The first-order valence-corrected chi connectivity index (χ1v) is 7.94. The van der Waals surface area contributed by atoms with Gasteiger partial charge in [-0.1, -0.05) is 13.8 Å². The average Bonchev–Trinajstić information content (AvgIpc) is 2.51. The molecule has 0 spiro atoms. The molecule has 1 atom stereocenters. The van der Waals surface area contributed by atoms with Crippen LogP contribution in [-0.2, 0) is 4.79 Å². The first kappa shape index (κ1) is 19.1. The molecule has 1 amide bonds. The van der Waals surface area contributed by atoms with E-state index in [4.69, 9.17) is 4.74 Å². The largest absolute Gasteiger partial charge is 0.490 e. The first-order valence-electron chi connectivity index (χ1n) is 7.94. The Morgan fingerprint density at radius 1 is 1.30 bits per heavy atom. The van der Waals surface area contributed by atoms with Gasteiger partial charge in [0.2, 0.25) is 5.91 Å². The van der Waals surface area contributed by atoms with Crippen LogP contribution in [0.15, 0.2) is 18.2 Å². The second-order valence-corrected chi connectivity index (χ2v) is 5.34. The summed E-state index contributed by atoms with van der Waals surface area (Å²) < 4.78 is 5.54. The van der Waals surface area contributed by atoms with Crippen LogP contribution >= 0.6 is 0 Å². The second kappa shape index (κ2) is 9.97. The first-order chi connectivity index (χ1) is 11.0. The van der Waals surface area contributed by atoms with Crippen molar-refractivity contribution in [3.05, 3.63) is 23.8 Å². The van der Waals surface area contributed by atoms with E-state index < -0.39 is 6.10 Å². The zero-order valence-corrected chi connectivity index (χ0v) is 14.0. The van der Waals surface area contributed by atoms with Crippen LogP contribution in [0.5, 0.6) is 5.75 Å². The molecule has 0 saturated heterocycles. The molecule has 0 radical (unpaired) electrons. The van der Waals surface area contributed by atoms with Gasteiger partial charge in [0.05, 0.1) is 5.56 Å². The van der Waals surface area contributed by atoms with E-state index in [1.807, 2.05) is 13.8 Å². The second-order valence-electron chi connectivity index (χ2n) is 5.34. The Bertz CT molecular complexity index is 531. The molecule has 3 N–H and O–H groups in total. The minimum Gasteiger partial charge on any atom is -0.490 e. The smallest absolute Gasteiger partial charge is 0.224 e. The third-order valence-corrected chi connectivity index (χ3v) is 3.18. The fourth-order valence-electron chi connectivity index (χ4n) is 2.02. The summed E-state index contributed by atoms with van der Waals surface area (Å²) in [5.74, 6) is 0.158. The molecule has 1 rings (SSSR count). The Hall–Kier alpha value is -1.92. The van der Waals surface area contributed by atoms with E-state index in [0.29, 0.717) is 30.0 Å². The highest BCUT2D eigenvalue weighted by Gasteiger charge is 2.13. The van der Waals surface area contributed by atoms with Crippen molar-refractivity contribution in [2.45, 2.75) is 39.7 Å². The number of benzene rings is 1. The fourth-order valence-corrected chi connectivity index (χ4v) is 2.02. The van der Waals surface area contributed by atoms with E-state index in [-0.39, 0.29) is 18.3 Å². The van der Waals surface area contributed by atoms with E-state index in [9.17, 15) is 14.7 Å². The molecule has 0 saturated carbocycles. The number of Topliss-reactive ketones (excluding diaryl/α,β-unsaturated/α-hetero) is 1. The van der Waals surface area contributed by atoms with Crippen molar-refractivity contribution in [1.29, 1.82) is 0 Å². The normalized spacial score (nSPS) is 11.8. The highest BCUT2D eigenvalue weighted by Crippen LogP contribution is 2.24. The van der Waals surface area contributed by atoms with Gasteiger partial charge in [0, 0.05) is 18.7 Å². The molecule has 1 unspecified atom stereocenters. The van der Waals surface area contributed by atoms with E-state index in [1.165, 1.54) is 6.92 Å². The summed E-state index contributed by atoms with van der Waals surface area (Å²) in [6.07, 6.45) is 0.541. The maximum absolute atomic E-state index is 11.8. The summed E-state index contributed by atoms with van der Waals surface area (Å²) in [5.41, 5.74) is 0.948. The number of ketones is 1. The highest BCUT2D eigenvalue weighted by atomic mass is 16.5. The van der Waals surface area contributed by atoms with Gasteiger partial charge >= 0.3 is 0 Å². The van der Waals surface area contributed by atoms with Gasteiger partial charge in [-0.25, -0.2) is 0 Å². The molecule has 0 aliphatic heterocycles. The number of nitrogens with one attached hydrogen (secondary N) is 2. The van der Waals surface area contributed by atoms with E-state index in [0.717, 1.165) is 13.0 Å². The minimum absolute atomic E-state index is 0.0864. The zero-order valence-electron chi connectivity index (χ0n) is 14.0. The van der Waals surface area contributed by atoms with Crippen molar-refractivity contribution >= 4 is 17.4 Å². The van der Waals surface area contributed by atoms with Crippen LogP contribution in [0.25, 0.3) is 0 Å². The predicted octanol–water partition coefficient (Wildman–Crippen LogP) is 1.98. The molecule has 23 heavy (non-hydrogen) atoms. The quantitative estimate of drug-likeness (QED) is 0.573. The molecule has 6 nitrogen and oxygen atoms in total. The minimum atomic E-state index is -0.654. The summed E-state index contributed by atoms with van der Waals surface area (Å²) in [6, 6.07) is 4.92. The maximum Gasteiger partial charge on any atom is 0.224 e. The number of ether oxygens (including phenoxy) is 1. The molecule has 1 aromatic carbocycles. The summed E-state index contributed by atoms with van der Waals surface area (Å²) in [5, 5.41) is 15.5. The molecule has 0 aliphatic rings. The van der Waals surface area contributed by atoms with Crippen molar-refractivity contribution in [2.24, 2.45) is 0 Å². The number of carbonyl (C=O) groups is 2. The van der Waals surface area contributed by atoms with Gasteiger partial charge < -0.3 is 20.5 Å². The van der Waals surface area contributed by atoms with Crippen molar-refractivity contribution in [1.82, 2.24) is 5.32 Å². The SMILES string of the molecule is CCCC(=O)Nc1ccc(OCC(O)CNCC)c(C(C)=O)c1. The van der Waals surface area contributed by atoms with Crippen LogP contribution in [0.3, 0.4) is 0 Å². The standard InChI is InChI=1S/C17H26N2O4/c1-4-6-17(22)19-13-7-8-16(15(9-13)12(3)20)23-11-14(21)10-18-5-2/h7-9,14,18,21H,4-6,10-11H2,1-3H3,(H,19,22). The molecule has 1 aromatic rings. The molecule has 0 bridgehead atoms. The summed E-state index contributed by atoms with van der Waals surface area (Å²) in [7, 11) is 0. The van der Waals surface area contributed by atoms with Crippen LogP contribution in [-0.4, -0.2) is 42.6 Å². The lowest BCUT2D eigenvalue weighted by molar-refractivity contribution is -0.116. The molecule has 0 aromatic heterocycles. The van der Waals surface area contributed by atoms with Gasteiger partial charge in [0.15, 0.2) is 5.78 Å². The third-order valence-electron chi connectivity index (χ3n) is 3.18. The molecular formula is C17H26N2O4. The number of amides is 1. The van der Waals surface area contributed by atoms with Crippen molar-refractivity contribution in [2.75, 3.05) is 25.0 Å². The van der Waals surface area contributed by atoms with Crippen molar-refractivity contribution < 1.29 is 19.4 Å². The molecule has 0 heterocycles. The molecule has 0 fully saturated rings. The summed E-state index contributed by atoms with van der Waals surface area (Å²) >= 11 is 0. The Kier molecular flexibility index (Phi) is 8.29. The van der Waals surface area contributed by atoms with Crippen molar-refractivity contribution in [3.8, 4) is 5.75 Å². The Morgan fingerprint density at radius 3 is 2.65 bits per heavy atom. The van der Waals surface area contributed by atoms with Crippen LogP contribution in [0, 0.1) is 0 Å². The number of hydrogen-bond donors (Lipinski definition) is 3. The Morgan fingerprint density at radius 2 is 2.04 bits per heavy atom. The number of rotatable bonds is 10. The topological polar surface area (TPSA) is 87.7 Å². The van der Waals surface area contributed by atoms with Crippen LogP contribution in [0.1, 0.15) is 44.0 Å². The van der Waals surface area contributed by atoms with Crippen molar-refractivity contribution in [3.63, 3.8) is 0 Å². The number of aliphatic hydroxyl groups excluding tert-OH is 1. The van der Waals surface area contributed by atoms with E-state index in [1.54, 1.807) is 18.2 Å². The van der Waals surface area contributed by atoms with Crippen LogP contribution in [0.2, 0.25) is 0 Å². The molecule has 0 aliphatic carbocycles. The molecule has 128 valence electrons. The fraction of sp³-hybridized carbons (Fsp3) is 0.529. The van der Waals surface area contributed by atoms with Gasteiger partial charge in [-0.05, 0) is 38.1 Å².